The van der Waals surface area contributed by atoms with Crippen LogP contribution in [0.15, 0.2) is 12.1 Å². The second-order valence-electron chi connectivity index (χ2n) is 6.81. The van der Waals surface area contributed by atoms with Crippen LogP contribution < -0.4 is 10.1 Å². The van der Waals surface area contributed by atoms with Crippen molar-refractivity contribution in [1.29, 1.82) is 0 Å². The number of carboxylic acid groups (broad SMARTS) is 1. The molecule has 0 bridgehead atoms. The van der Waals surface area contributed by atoms with Gasteiger partial charge >= 0.3 is 5.97 Å². The highest BCUT2D eigenvalue weighted by atomic mass is 16.5. The van der Waals surface area contributed by atoms with E-state index < -0.39 is 17.6 Å². The molecule has 2 aliphatic heterocycles. The number of hydrogen-bond acceptors (Lipinski definition) is 4. The van der Waals surface area contributed by atoms with Gasteiger partial charge in [0.15, 0.2) is 6.10 Å². The standard InChI is InChI=1S/C18H23NO5/c1-11-7-13-9-15(24-14(13)8-12(11)2)17(22)19-18(10-16(20)21)3-5-23-6-4-18/h7-8,15H,3-6,9-10H2,1-2H3,(H,19,22)(H,20,21). The Kier molecular flexibility index (Phi) is 4.49. The summed E-state index contributed by atoms with van der Waals surface area (Å²) in [4.78, 5) is 23.9. The van der Waals surface area contributed by atoms with Gasteiger partial charge in [-0.2, -0.15) is 0 Å². The number of carboxylic acids is 1. The summed E-state index contributed by atoms with van der Waals surface area (Å²) < 4.78 is 11.1. The third kappa shape index (κ3) is 3.38. The number of rotatable bonds is 4. The number of aliphatic carboxylic acids is 1. The Labute approximate surface area is 141 Å². The van der Waals surface area contributed by atoms with Gasteiger partial charge in [0.2, 0.25) is 0 Å². The molecule has 0 aliphatic carbocycles. The van der Waals surface area contributed by atoms with Crippen molar-refractivity contribution in [3.05, 3.63) is 28.8 Å². The van der Waals surface area contributed by atoms with Crippen LogP contribution in [0.3, 0.4) is 0 Å². The first kappa shape index (κ1) is 16.8. The second kappa shape index (κ2) is 6.43. The molecular formula is C18H23NO5. The fraction of sp³-hybridized carbons (Fsp3) is 0.556. The lowest BCUT2D eigenvalue weighted by Gasteiger charge is -2.37. The quantitative estimate of drug-likeness (QED) is 0.877. The molecule has 1 fully saturated rings. The van der Waals surface area contributed by atoms with Crippen molar-refractivity contribution in [2.24, 2.45) is 0 Å². The molecule has 2 N–H and O–H groups in total. The van der Waals surface area contributed by atoms with Gasteiger partial charge in [-0.25, -0.2) is 0 Å². The maximum Gasteiger partial charge on any atom is 0.305 e. The molecule has 6 heteroatoms. The van der Waals surface area contributed by atoms with Crippen LogP contribution in [0.25, 0.3) is 0 Å². The molecule has 0 saturated carbocycles. The Morgan fingerprint density at radius 1 is 1.25 bits per heavy atom. The van der Waals surface area contributed by atoms with Gasteiger partial charge in [0, 0.05) is 19.6 Å². The summed E-state index contributed by atoms with van der Waals surface area (Å²) in [6.07, 6.45) is 0.822. The number of hydrogen-bond donors (Lipinski definition) is 2. The minimum atomic E-state index is -0.918. The average Bonchev–Trinajstić information content (AvgIpc) is 2.90. The van der Waals surface area contributed by atoms with Gasteiger partial charge in [-0.1, -0.05) is 6.07 Å². The molecule has 1 saturated heterocycles. The number of amides is 1. The Hall–Kier alpha value is -2.08. The summed E-state index contributed by atoms with van der Waals surface area (Å²) in [5.41, 5.74) is 2.58. The van der Waals surface area contributed by atoms with E-state index in [0.29, 0.717) is 32.5 Å². The normalized spacial score (nSPS) is 21.7. The van der Waals surface area contributed by atoms with E-state index in [0.717, 1.165) is 16.9 Å². The number of benzene rings is 1. The molecule has 6 nitrogen and oxygen atoms in total. The lowest BCUT2D eigenvalue weighted by Crippen LogP contribution is -2.56. The van der Waals surface area contributed by atoms with Crippen LogP contribution in [0.4, 0.5) is 0 Å². The molecule has 3 rings (SSSR count). The summed E-state index contributed by atoms with van der Waals surface area (Å²) in [6.45, 7) is 4.96. The first-order valence-corrected chi connectivity index (χ1v) is 8.27. The van der Waals surface area contributed by atoms with E-state index in [4.69, 9.17) is 9.47 Å². The van der Waals surface area contributed by atoms with Crippen LogP contribution in [0.5, 0.6) is 5.75 Å². The average molecular weight is 333 g/mol. The molecule has 130 valence electrons. The summed E-state index contributed by atoms with van der Waals surface area (Å²) in [5.74, 6) is -0.416. The third-order valence-electron chi connectivity index (χ3n) is 4.97. The van der Waals surface area contributed by atoms with E-state index in [2.05, 4.69) is 11.4 Å². The molecule has 0 spiro atoms. The van der Waals surface area contributed by atoms with Gasteiger partial charge in [0.25, 0.3) is 5.91 Å². The topological polar surface area (TPSA) is 84.9 Å². The van der Waals surface area contributed by atoms with E-state index >= 15 is 0 Å². The van der Waals surface area contributed by atoms with Gasteiger partial charge in [0.05, 0.1) is 12.0 Å². The zero-order chi connectivity index (χ0) is 17.3. The Balaban J connectivity index is 1.71. The molecule has 1 unspecified atom stereocenters. The van der Waals surface area contributed by atoms with Crippen molar-refractivity contribution >= 4 is 11.9 Å². The summed E-state index contributed by atoms with van der Waals surface area (Å²) in [5, 5.41) is 12.1. The lowest BCUT2D eigenvalue weighted by molar-refractivity contribution is -0.141. The number of carbonyl (C=O) groups excluding carboxylic acids is 1. The van der Waals surface area contributed by atoms with E-state index in [9.17, 15) is 14.7 Å². The second-order valence-corrected chi connectivity index (χ2v) is 6.81. The van der Waals surface area contributed by atoms with Gasteiger partial charge < -0.3 is 19.9 Å². The Morgan fingerprint density at radius 3 is 2.58 bits per heavy atom. The summed E-state index contributed by atoms with van der Waals surface area (Å²) >= 11 is 0. The predicted molar refractivity (Wildman–Crippen MR) is 87.2 cm³/mol. The third-order valence-corrected chi connectivity index (χ3v) is 4.97. The number of carbonyl (C=O) groups is 2. The number of nitrogens with one attached hydrogen (secondary N) is 1. The Morgan fingerprint density at radius 2 is 1.92 bits per heavy atom. The van der Waals surface area contributed by atoms with Gasteiger partial charge in [0.1, 0.15) is 5.75 Å². The lowest BCUT2D eigenvalue weighted by atomic mass is 9.86. The first-order chi connectivity index (χ1) is 11.4. The number of fused-ring (bicyclic) bond motifs is 1. The largest absolute Gasteiger partial charge is 0.481 e. The highest BCUT2D eigenvalue weighted by Crippen LogP contribution is 2.32. The van der Waals surface area contributed by atoms with Gasteiger partial charge in [-0.05, 0) is 49.4 Å². The fourth-order valence-corrected chi connectivity index (χ4v) is 3.40. The zero-order valence-corrected chi connectivity index (χ0v) is 14.1. The maximum atomic E-state index is 12.7. The SMILES string of the molecule is Cc1cc2c(cc1C)OC(C(=O)NC1(CC(=O)O)CCOCC1)C2. The van der Waals surface area contributed by atoms with Crippen LogP contribution in [0.1, 0.15) is 36.0 Å². The molecule has 1 atom stereocenters. The van der Waals surface area contributed by atoms with Crippen molar-refractivity contribution < 1.29 is 24.2 Å². The maximum absolute atomic E-state index is 12.7. The summed E-state index contributed by atoms with van der Waals surface area (Å²) in [6, 6.07) is 4.01. The van der Waals surface area contributed by atoms with Crippen LogP contribution in [-0.4, -0.2) is 41.8 Å². The van der Waals surface area contributed by atoms with Crippen LogP contribution in [0, 0.1) is 13.8 Å². The van der Waals surface area contributed by atoms with Crippen molar-refractivity contribution in [3.8, 4) is 5.75 Å². The van der Waals surface area contributed by atoms with Crippen LogP contribution in [-0.2, 0) is 20.7 Å². The minimum Gasteiger partial charge on any atom is -0.481 e. The molecule has 0 aromatic heterocycles. The molecule has 24 heavy (non-hydrogen) atoms. The van der Waals surface area contributed by atoms with Crippen molar-refractivity contribution in [2.45, 2.75) is 51.2 Å². The minimum absolute atomic E-state index is 0.0972. The van der Waals surface area contributed by atoms with Crippen molar-refractivity contribution in [1.82, 2.24) is 5.32 Å². The van der Waals surface area contributed by atoms with Crippen molar-refractivity contribution in [2.75, 3.05) is 13.2 Å². The molecule has 1 aromatic rings. The Bertz CT molecular complexity index is 633. The van der Waals surface area contributed by atoms with Crippen LogP contribution >= 0.6 is 0 Å². The monoisotopic (exact) mass is 333 g/mol. The molecule has 0 radical (unpaired) electrons. The first-order valence-electron chi connectivity index (χ1n) is 8.27. The highest BCUT2D eigenvalue weighted by Gasteiger charge is 2.39. The van der Waals surface area contributed by atoms with Gasteiger partial charge in [-0.3, -0.25) is 9.59 Å². The summed E-state index contributed by atoms with van der Waals surface area (Å²) in [7, 11) is 0. The van der Waals surface area contributed by atoms with E-state index in [-0.39, 0.29) is 12.3 Å². The van der Waals surface area contributed by atoms with E-state index in [1.165, 1.54) is 5.56 Å². The molecule has 1 aromatic carbocycles. The molecule has 2 heterocycles. The van der Waals surface area contributed by atoms with E-state index in [1.54, 1.807) is 0 Å². The van der Waals surface area contributed by atoms with E-state index in [1.807, 2.05) is 19.9 Å². The zero-order valence-electron chi connectivity index (χ0n) is 14.1. The smallest absolute Gasteiger partial charge is 0.305 e. The molecule has 2 aliphatic rings. The predicted octanol–water partition coefficient (Wildman–Crippen LogP) is 1.75. The van der Waals surface area contributed by atoms with Crippen LogP contribution in [0.2, 0.25) is 0 Å². The molecular weight excluding hydrogens is 310 g/mol. The highest BCUT2D eigenvalue weighted by molar-refractivity contribution is 5.84. The molecule has 1 amide bonds. The fourth-order valence-electron chi connectivity index (χ4n) is 3.40. The number of aryl methyl sites for hydroxylation is 2. The number of ether oxygens (including phenoxy) is 2. The van der Waals surface area contributed by atoms with Crippen molar-refractivity contribution in [3.63, 3.8) is 0 Å². The van der Waals surface area contributed by atoms with Gasteiger partial charge in [-0.15, -0.1) is 0 Å².